The summed E-state index contributed by atoms with van der Waals surface area (Å²) in [5.74, 6) is 0.0663. The standard InChI is InChI=1S/C19H24N4O3/c1-19(2,3)21-14-6-7-20-15(13-14)17(24)22-8-10-23(11-9-22)18(25)16-5-4-12-26-16/h4-7,12-13H,8-11H2,1-3H3,(H,20,21). The van der Waals surface area contributed by atoms with Gasteiger partial charge in [0.15, 0.2) is 5.76 Å². The number of hydrogen-bond donors (Lipinski definition) is 1. The molecule has 26 heavy (non-hydrogen) atoms. The molecule has 1 N–H and O–H groups in total. The van der Waals surface area contributed by atoms with Crippen LogP contribution in [0.3, 0.4) is 0 Å². The van der Waals surface area contributed by atoms with Crippen LogP contribution in [0.15, 0.2) is 41.1 Å². The van der Waals surface area contributed by atoms with Gasteiger partial charge in [0.2, 0.25) is 0 Å². The maximum atomic E-state index is 12.7. The first-order chi connectivity index (χ1) is 12.3. The fraction of sp³-hybridized carbons (Fsp3) is 0.421. The third kappa shape index (κ3) is 4.22. The fourth-order valence-corrected chi connectivity index (χ4v) is 2.89. The molecule has 0 unspecified atom stereocenters. The first-order valence-corrected chi connectivity index (χ1v) is 8.70. The molecule has 0 aliphatic carbocycles. The van der Waals surface area contributed by atoms with Crippen molar-refractivity contribution in [2.45, 2.75) is 26.3 Å². The second-order valence-electron chi connectivity index (χ2n) is 7.37. The molecule has 1 aliphatic rings. The second kappa shape index (κ2) is 7.19. The Morgan fingerprint density at radius 1 is 1.08 bits per heavy atom. The third-order valence-corrected chi connectivity index (χ3v) is 4.08. The predicted molar refractivity (Wildman–Crippen MR) is 98.1 cm³/mol. The van der Waals surface area contributed by atoms with Gasteiger partial charge < -0.3 is 19.5 Å². The summed E-state index contributed by atoms with van der Waals surface area (Å²) in [6.07, 6.45) is 3.12. The molecule has 1 aliphatic heterocycles. The monoisotopic (exact) mass is 356 g/mol. The summed E-state index contributed by atoms with van der Waals surface area (Å²) in [6.45, 7) is 8.09. The molecule has 1 fully saturated rings. The van der Waals surface area contributed by atoms with Crippen LogP contribution in [0.4, 0.5) is 5.69 Å². The first-order valence-electron chi connectivity index (χ1n) is 8.70. The maximum absolute atomic E-state index is 12.7. The molecule has 2 amide bonds. The van der Waals surface area contributed by atoms with Crippen molar-refractivity contribution >= 4 is 17.5 Å². The second-order valence-corrected chi connectivity index (χ2v) is 7.37. The van der Waals surface area contributed by atoms with E-state index in [9.17, 15) is 9.59 Å². The Balaban J connectivity index is 1.62. The molecule has 0 bridgehead atoms. The number of aromatic nitrogens is 1. The Morgan fingerprint density at radius 2 is 1.73 bits per heavy atom. The number of hydrogen-bond acceptors (Lipinski definition) is 5. The Bertz CT molecular complexity index is 772. The van der Waals surface area contributed by atoms with Gasteiger partial charge in [-0.05, 0) is 45.0 Å². The van der Waals surface area contributed by atoms with E-state index in [1.165, 1.54) is 6.26 Å². The average molecular weight is 356 g/mol. The van der Waals surface area contributed by atoms with Crippen molar-refractivity contribution < 1.29 is 14.0 Å². The molecule has 7 nitrogen and oxygen atoms in total. The summed E-state index contributed by atoms with van der Waals surface area (Å²) in [6, 6.07) is 6.96. The zero-order valence-corrected chi connectivity index (χ0v) is 15.4. The van der Waals surface area contributed by atoms with E-state index in [4.69, 9.17) is 4.42 Å². The van der Waals surface area contributed by atoms with Crippen LogP contribution in [0.2, 0.25) is 0 Å². The third-order valence-electron chi connectivity index (χ3n) is 4.08. The quantitative estimate of drug-likeness (QED) is 0.914. The smallest absolute Gasteiger partial charge is 0.289 e. The van der Waals surface area contributed by atoms with E-state index in [2.05, 4.69) is 31.1 Å². The van der Waals surface area contributed by atoms with Gasteiger partial charge in [0, 0.05) is 43.6 Å². The lowest BCUT2D eigenvalue weighted by Gasteiger charge is -2.34. The molecule has 138 valence electrons. The number of carbonyl (C=O) groups is 2. The highest BCUT2D eigenvalue weighted by Gasteiger charge is 2.27. The van der Waals surface area contributed by atoms with Crippen molar-refractivity contribution in [3.8, 4) is 0 Å². The van der Waals surface area contributed by atoms with Gasteiger partial charge in [0.1, 0.15) is 5.69 Å². The molecule has 3 heterocycles. The Hall–Kier alpha value is -2.83. The lowest BCUT2D eigenvalue weighted by molar-refractivity contribution is 0.0515. The predicted octanol–water partition coefficient (Wildman–Crippen LogP) is 2.48. The molecule has 2 aromatic heterocycles. The summed E-state index contributed by atoms with van der Waals surface area (Å²) >= 11 is 0. The molecular weight excluding hydrogens is 332 g/mol. The number of nitrogens with one attached hydrogen (secondary N) is 1. The zero-order chi connectivity index (χ0) is 18.7. The van der Waals surface area contributed by atoms with Crippen LogP contribution in [0.25, 0.3) is 0 Å². The molecule has 0 aromatic carbocycles. The van der Waals surface area contributed by atoms with Crippen molar-refractivity contribution in [2.24, 2.45) is 0 Å². The van der Waals surface area contributed by atoms with Gasteiger partial charge in [0.05, 0.1) is 6.26 Å². The minimum absolute atomic E-state index is 0.0977. The molecule has 0 atom stereocenters. The van der Waals surface area contributed by atoms with Crippen LogP contribution in [0.1, 0.15) is 41.8 Å². The van der Waals surface area contributed by atoms with Crippen molar-refractivity contribution in [1.29, 1.82) is 0 Å². The summed E-state index contributed by atoms with van der Waals surface area (Å²) in [7, 11) is 0. The molecule has 0 saturated carbocycles. The van der Waals surface area contributed by atoms with Gasteiger partial charge in [-0.25, -0.2) is 0 Å². The number of pyridine rings is 1. The van der Waals surface area contributed by atoms with Crippen LogP contribution in [-0.4, -0.2) is 58.3 Å². The van der Waals surface area contributed by atoms with E-state index in [0.29, 0.717) is 37.6 Å². The summed E-state index contributed by atoms with van der Waals surface area (Å²) in [5.41, 5.74) is 1.17. The van der Waals surface area contributed by atoms with Crippen molar-refractivity contribution in [3.63, 3.8) is 0 Å². The van der Waals surface area contributed by atoms with Crippen LogP contribution in [0.5, 0.6) is 0 Å². The van der Waals surface area contributed by atoms with Gasteiger partial charge in [-0.15, -0.1) is 0 Å². The van der Waals surface area contributed by atoms with E-state index in [-0.39, 0.29) is 17.4 Å². The maximum Gasteiger partial charge on any atom is 0.289 e. The lowest BCUT2D eigenvalue weighted by atomic mass is 10.1. The highest BCUT2D eigenvalue weighted by molar-refractivity contribution is 5.94. The van der Waals surface area contributed by atoms with Crippen LogP contribution in [0, 0.1) is 0 Å². The van der Waals surface area contributed by atoms with Crippen LogP contribution in [-0.2, 0) is 0 Å². The summed E-state index contributed by atoms with van der Waals surface area (Å²) in [4.78, 5) is 32.7. The molecular formula is C19H24N4O3. The van der Waals surface area contributed by atoms with Crippen LogP contribution >= 0.6 is 0 Å². The normalized spacial score (nSPS) is 15.0. The Morgan fingerprint density at radius 3 is 2.31 bits per heavy atom. The number of anilines is 1. The molecule has 0 spiro atoms. The van der Waals surface area contributed by atoms with Gasteiger partial charge in [-0.2, -0.15) is 0 Å². The molecule has 2 aromatic rings. The number of nitrogens with zero attached hydrogens (tertiary/aromatic N) is 3. The van der Waals surface area contributed by atoms with Crippen molar-refractivity contribution in [1.82, 2.24) is 14.8 Å². The molecule has 1 saturated heterocycles. The lowest BCUT2D eigenvalue weighted by Crippen LogP contribution is -2.50. The highest BCUT2D eigenvalue weighted by Crippen LogP contribution is 2.17. The number of carbonyl (C=O) groups excluding carboxylic acids is 2. The van der Waals surface area contributed by atoms with Crippen molar-refractivity contribution in [3.05, 3.63) is 48.2 Å². The number of furan rings is 1. The Labute approximate surface area is 153 Å². The zero-order valence-electron chi connectivity index (χ0n) is 15.4. The van der Waals surface area contributed by atoms with E-state index < -0.39 is 0 Å². The van der Waals surface area contributed by atoms with Gasteiger partial charge in [-0.1, -0.05) is 0 Å². The van der Waals surface area contributed by atoms with Gasteiger partial charge >= 0.3 is 0 Å². The SMILES string of the molecule is CC(C)(C)Nc1ccnc(C(=O)N2CCN(C(=O)c3ccco3)CC2)c1. The molecule has 0 radical (unpaired) electrons. The molecule has 7 heteroatoms. The first kappa shape index (κ1) is 18.0. The van der Waals surface area contributed by atoms with E-state index in [1.807, 2.05) is 6.07 Å². The minimum Gasteiger partial charge on any atom is -0.459 e. The van der Waals surface area contributed by atoms with Gasteiger partial charge in [0.25, 0.3) is 11.8 Å². The summed E-state index contributed by atoms with van der Waals surface area (Å²) < 4.78 is 5.16. The van der Waals surface area contributed by atoms with E-state index in [1.54, 1.807) is 34.2 Å². The average Bonchev–Trinajstić information content (AvgIpc) is 3.14. The number of piperazine rings is 1. The highest BCUT2D eigenvalue weighted by atomic mass is 16.3. The van der Waals surface area contributed by atoms with Crippen molar-refractivity contribution in [2.75, 3.05) is 31.5 Å². The summed E-state index contributed by atoms with van der Waals surface area (Å²) in [5, 5.41) is 3.34. The topological polar surface area (TPSA) is 78.7 Å². The van der Waals surface area contributed by atoms with Gasteiger partial charge in [-0.3, -0.25) is 14.6 Å². The largest absolute Gasteiger partial charge is 0.459 e. The number of amides is 2. The van der Waals surface area contributed by atoms with E-state index in [0.717, 1.165) is 5.69 Å². The van der Waals surface area contributed by atoms with E-state index >= 15 is 0 Å². The Kier molecular flexibility index (Phi) is 4.97. The number of rotatable bonds is 3. The fourth-order valence-electron chi connectivity index (χ4n) is 2.89. The van der Waals surface area contributed by atoms with Crippen LogP contribution < -0.4 is 5.32 Å². The minimum atomic E-state index is -0.142. The molecule has 3 rings (SSSR count).